The number of hydrogen-bond donors (Lipinski definition) is 0. The van der Waals surface area contributed by atoms with Crippen molar-refractivity contribution in [2.45, 2.75) is 103 Å². The van der Waals surface area contributed by atoms with Crippen LogP contribution in [-0.4, -0.2) is 11.6 Å². The zero-order valence-electron chi connectivity index (χ0n) is 15.1. The Kier molecular flexibility index (Phi) is 8.82. The number of rotatable bonds is 8. The second kappa shape index (κ2) is 10.1. The summed E-state index contributed by atoms with van der Waals surface area (Å²) in [5, 5.41) is 0. The van der Waals surface area contributed by atoms with Crippen LogP contribution in [0.5, 0.6) is 0 Å². The summed E-state index contributed by atoms with van der Waals surface area (Å²) in [6, 6.07) is 0. The predicted molar refractivity (Wildman–Crippen MR) is 93.9 cm³/mol. The molecule has 1 aliphatic carbocycles. The lowest BCUT2D eigenvalue weighted by Gasteiger charge is -2.35. The van der Waals surface area contributed by atoms with Crippen molar-refractivity contribution in [3.05, 3.63) is 12.2 Å². The lowest BCUT2D eigenvalue weighted by molar-refractivity contribution is -0.158. The van der Waals surface area contributed by atoms with Crippen LogP contribution in [0.2, 0.25) is 0 Å². The normalized spacial score (nSPS) is 18.5. The first kappa shape index (κ1) is 19.3. The number of esters is 1. The molecule has 1 saturated carbocycles. The zero-order chi connectivity index (χ0) is 16.4. The van der Waals surface area contributed by atoms with E-state index in [0.29, 0.717) is 5.57 Å². The Bertz CT molecular complexity index is 336. The first-order chi connectivity index (χ1) is 10.5. The van der Waals surface area contributed by atoms with Gasteiger partial charge in [-0.05, 0) is 51.4 Å². The third-order valence-electron chi connectivity index (χ3n) is 4.84. The Morgan fingerprint density at radius 3 is 2.18 bits per heavy atom. The summed E-state index contributed by atoms with van der Waals surface area (Å²) in [7, 11) is 0. The van der Waals surface area contributed by atoms with Crippen LogP contribution in [0.4, 0.5) is 0 Å². The van der Waals surface area contributed by atoms with Gasteiger partial charge in [-0.1, -0.05) is 59.0 Å². The molecule has 0 N–H and O–H groups in total. The monoisotopic (exact) mass is 308 g/mol. The molecule has 0 spiro atoms. The van der Waals surface area contributed by atoms with E-state index >= 15 is 0 Å². The minimum atomic E-state index is -0.214. The standard InChI is InChI=1S/C20H36O2/c1-17(2)13-9-8-12-16-20(22-19(21)18(3)4)14-10-6-5-7-11-15-20/h17H,3,5-16H2,1-2,4H3. The van der Waals surface area contributed by atoms with E-state index in [1.165, 1.54) is 57.8 Å². The molecule has 22 heavy (non-hydrogen) atoms. The van der Waals surface area contributed by atoms with Crippen LogP contribution in [0.3, 0.4) is 0 Å². The highest BCUT2D eigenvalue weighted by atomic mass is 16.6. The summed E-state index contributed by atoms with van der Waals surface area (Å²) >= 11 is 0. The van der Waals surface area contributed by atoms with Gasteiger partial charge in [-0.2, -0.15) is 0 Å². The molecule has 0 amide bonds. The molecule has 0 unspecified atom stereocenters. The smallest absolute Gasteiger partial charge is 0.333 e. The van der Waals surface area contributed by atoms with Crippen molar-refractivity contribution in [1.82, 2.24) is 0 Å². The molecule has 2 heteroatoms. The van der Waals surface area contributed by atoms with Crippen LogP contribution in [-0.2, 0) is 9.53 Å². The average Bonchev–Trinajstić information content (AvgIpc) is 2.42. The number of hydrogen-bond acceptors (Lipinski definition) is 2. The molecule has 0 radical (unpaired) electrons. The van der Waals surface area contributed by atoms with Gasteiger partial charge >= 0.3 is 5.97 Å². The lowest BCUT2D eigenvalue weighted by atomic mass is 9.82. The van der Waals surface area contributed by atoms with Crippen molar-refractivity contribution in [2.75, 3.05) is 0 Å². The van der Waals surface area contributed by atoms with E-state index < -0.39 is 0 Å². The molecular weight excluding hydrogens is 272 g/mol. The second-order valence-corrected chi connectivity index (χ2v) is 7.61. The molecular formula is C20H36O2. The highest BCUT2D eigenvalue weighted by Crippen LogP contribution is 2.35. The van der Waals surface area contributed by atoms with Crippen molar-refractivity contribution in [1.29, 1.82) is 0 Å². The molecule has 0 heterocycles. The van der Waals surface area contributed by atoms with Gasteiger partial charge in [0.15, 0.2) is 0 Å². The molecule has 0 bridgehead atoms. The van der Waals surface area contributed by atoms with Gasteiger partial charge in [0.1, 0.15) is 5.60 Å². The second-order valence-electron chi connectivity index (χ2n) is 7.61. The summed E-state index contributed by atoms with van der Waals surface area (Å²) in [6.45, 7) is 10.1. The van der Waals surface area contributed by atoms with E-state index in [-0.39, 0.29) is 11.6 Å². The van der Waals surface area contributed by atoms with Gasteiger partial charge in [0.2, 0.25) is 0 Å². The van der Waals surface area contributed by atoms with Crippen molar-refractivity contribution in [2.24, 2.45) is 5.92 Å². The molecule has 2 nitrogen and oxygen atoms in total. The SMILES string of the molecule is C=C(C)C(=O)OC1(CCCCCC(C)C)CCCCCCC1. The van der Waals surface area contributed by atoms with Crippen LogP contribution >= 0.6 is 0 Å². The van der Waals surface area contributed by atoms with Crippen LogP contribution in [0.1, 0.15) is 97.8 Å². The van der Waals surface area contributed by atoms with Crippen molar-refractivity contribution in [3.8, 4) is 0 Å². The van der Waals surface area contributed by atoms with E-state index in [1.807, 2.05) is 0 Å². The van der Waals surface area contributed by atoms with E-state index in [9.17, 15) is 4.79 Å². The number of unbranched alkanes of at least 4 members (excludes halogenated alkanes) is 2. The maximum absolute atomic E-state index is 12.1. The van der Waals surface area contributed by atoms with Crippen LogP contribution in [0.15, 0.2) is 12.2 Å². The number of ether oxygens (including phenoxy) is 1. The van der Waals surface area contributed by atoms with Gasteiger partial charge in [-0.25, -0.2) is 4.79 Å². The third kappa shape index (κ3) is 7.47. The summed E-state index contributed by atoms with van der Waals surface area (Å²) < 4.78 is 5.97. The molecule has 1 aliphatic rings. The fraction of sp³-hybridized carbons (Fsp3) is 0.850. The minimum Gasteiger partial charge on any atom is -0.456 e. The molecule has 0 aliphatic heterocycles. The van der Waals surface area contributed by atoms with Crippen molar-refractivity contribution >= 4 is 5.97 Å². The molecule has 1 fully saturated rings. The van der Waals surface area contributed by atoms with Crippen LogP contribution < -0.4 is 0 Å². The molecule has 0 aromatic carbocycles. The highest BCUT2D eigenvalue weighted by Gasteiger charge is 2.33. The summed E-state index contributed by atoms with van der Waals surface area (Å²) in [6.07, 6.45) is 14.4. The van der Waals surface area contributed by atoms with E-state index in [2.05, 4.69) is 20.4 Å². The summed E-state index contributed by atoms with van der Waals surface area (Å²) in [4.78, 5) is 12.1. The highest BCUT2D eigenvalue weighted by molar-refractivity contribution is 5.87. The van der Waals surface area contributed by atoms with Crippen molar-refractivity contribution in [3.63, 3.8) is 0 Å². The maximum atomic E-state index is 12.1. The predicted octanol–water partition coefficient (Wildman–Crippen LogP) is 6.20. The lowest BCUT2D eigenvalue weighted by Crippen LogP contribution is -2.36. The van der Waals surface area contributed by atoms with Crippen LogP contribution in [0, 0.1) is 5.92 Å². The Labute approximate surface area is 137 Å². The zero-order valence-corrected chi connectivity index (χ0v) is 15.1. The average molecular weight is 309 g/mol. The molecule has 0 saturated heterocycles. The first-order valence-electron chi connectivity index (χ1n) is 9.34. The van der Waals surface area contributed by atoms with E-state index in [0.717, 1.165) is 25.2 Å². The molecule has 0 aromatic heterocycles. The summed E-state index contributed by atoms with van der Waals surface area (Å²) in [5.74, 6) is 0.597. The Morgan fingerprint density at radius 2 is 1.64 bits per heavy atom. The number of carbonyl (C=O) groups is 1. The fourth-order valence-corrected chi connectivity index (χ4v) is 3.41. The van der Waals surface area contributed by atoms with Gasteiger partial charge in [0.25, 0.3) is 0 Å². The van der Waals surface area contributed by atoms with Crippen LogP contribution in [0.25, 0.3) is 0 Å². The van der Waals surface area contributed by atoms with Gasteiger partial charge in [0.05, 0.1) is 0 Å². The van der Waals surface area contributed by atoms with Gasteiger partial charge in [-0.3, -0.25) is 0 Å². The van der Waals surface area contributed by atoms with Gasteiger partial charge in [-0.15, -0.1) is 0 Å². The summed E-state index contributed by atoms with van der Waals surface area (Å²) in [5.41, 5.74) is 0.315. The first-order valence-corrected chi connectivity index (χ1v) is 9.34. The molecule has 1 rings (SSSR count). The fourth-order valence-electron chi connectivity index (χ4n) is 3.41. The molecule has 0 aromatic rings. The quantitative estimate of drug-likeness (QED) is 0.303. The molecule has 0 atom stereocenters. The molecule has 128 valence electrons. The van der Waals surface area contributed by atoms with Gasteiger partial charge in [0, 0.05) is 5.57 Å². The third-order valence-corrected chi connectivity index (χ3v) is 4.84. The Morgan fingerprint density at radius 1 is 1.05 bits per heavy atom. The van der Waals surface area contributed by atoms with E-state index in [1.54, 1.807) is 6.92 Å². The largest absolute Gasteiger partial charge is 0.456 e. The van der Waals surface area contributed by atoms with Gasteiger partial charge < -0.3 is 4.74 Å². The number of carbonyl (C=O) groups excluding carboxylic acids is 1. The van der Waals surface area contributed by atoms with E-state index in [4.69, 9.17) is 4.74 Å². The minimum absolute atomic E-state index is 0.192. The Hall–Kier alpha value is -0.790. The maximum Gasteiger partial charge on any atom is 0.333 e. The Balaban J connectivity index is 2.55. The topological polar surface area (TPSA) is 26.3 Å². The van der Waals surface area contributed by atoms with Crippen molar-refractivity contribution < 1.29 is 9.53 Å².